The van der Waals surface area contributed by atoms with Gasteiger partial charge in [-0.3, -0.25) is 4.90 Å². The second-order valence-corrected chi connectivity index (χ2v) is 14.1. The first-order valence-electron chi connectivity index (χ1n) is 14.6. The predicted octanol–water partition coefficient (Wildman–Crippen LogP) is 5.50. The quantitative estimate of drug-likeness (QED) is 0.250. The van der Waals surface area contributed by atoms with Crippen molar-refractivity contribution in [3.8, 4) is 17.2 Å². The van der Waals surface area contributed by atoms with Gasteiger partial charge in [-0.2, -0.15) is 4.37 Å². The molecule has 3 heterocycles. The van der Waals surface area contributed by atoms with Crippen LogP contribution in [0, 0.1) is 5.82 Å². The normalized spacial score (nSPS) is 21.9. The van der Waals surface area contributed by atoms with E-state index in [0.717, 1.165) is 22.7 Å². The number of hydrogen-bond donors (Lipinski definition) is 1. The van der Waals surface area contributed by atoms with E-state index in [-0.39, 0.29) is 34.5 Å². The first-order valence-corrected chi connectivity index (χ1v) is 16.8. The van der Waals surface area contributed by atoms with E-state index < -0.39 is 15.6 Å². The zero-order valence-corrected chi connectivity index (χ0v) is 26.9. The molecule has 0 unspecified atom stereocenters. The smallest absolute Gasteiger partial charge is 0.266 e. The van der Waals surface area contributed by atoms with Crippen molar-refractivity contribution in [3.63, 3.8) is 0 Å². The number of rotatable bonds is 9. The summed E-state index contributed by atoms with van der Waals surface area (Å²) < 4.78 is 64.4. The Kier molecular flexibility index (Phi) is 8.70. The van der Waals surface area contributed by atoms with Crippen molar-refractivity contribution in [1.82, 2.24) is 14.3 Å². The Morgan fingerprint density at radius 2 is 1.91 bits per heavy atom. The lowest BCUT2D eigenvalue weighted by Crippen LogP contribution is -2.47. The number of aromatic nitrogens is 2. The van der Waals surface area contributed by atoms with E-state index in [1.54, 1.807) is 49.6 Å². The second kappa shape index (κ2) is 12.5. The van der Waals surface area contributed by atoms with Crippen molar-refractivity contribution >= 4 is 26.7 Å². The molecule has 45 heavy (non-hydrogen) atoms. The average molecular weight is 655 g/mol. The van der Waals surface area contributed by atoms with Gasteiger partial charge in [0.1, 0.15) is 29.4 Å². The molecule has 0 radical (unpaired) electrons. The summed E-state index contributed by atoms with van der Waals surface area (Å²) in [7, 11) is -1.05. The van der Waals surface area contributed by atoms with Crippen LogP contribution in [0.25, 0.3) is 0 Å². The van der Waals surface area contributed by atoms with Crippen LogP contribution >= 0.6 is 11.5 Å². The Balaban J connectivity index is 1.34. The second-order valence-electron chi connectivity index (χ2n) is 11.5. The minimum atomic E-state index is -4.12. The number of aliphatic hydroxyl groups is 1. The molecule has 238 valence electrons. The van der Waals surface area contributed by atoms with Crippen molar-refractivity contribution in [1.29, 1.82) is 0 Å². The third-order valence-corrected chi connectivity index (χ3v) is 11.1. The lowest BCUT2D eigenvalue weighted by Gasteiger charge is -2.47. The van der Waals surface area contributed by atoms with E-state index in [2.05, 4.69) is 14.3 Å². The number of piperidine rings is 1. The van der Waals surface area contributed by atoms with Gasteiger partial charge in [-0.05, 0) is 55.7 Å². The van der Waals surface area contributed by atoms with Gasteiger partial charge in [0.2, 0.25) is 5.13 Å². The zero-order valence-electron chi connectivity index (χ0n) is 25.2. The molecule has 1 fully saturated rings. The van der Waals surface area contributed by atoms with Gasteiger partial charge in [0.15, 0.2) is 0 Å². The highest BCUT2D eigenvalue weighted by Gasteiger charge is 2.41. The highest BCUT2D eigenvalue weighted by molar-refractivity contribution is 7.93. The molecule has 0 saturated carbocycles. The van der Waals surface area contributed by atoms with Crippen LogP contribution in [0.5, 0.6) is 17.2 Å². The summed E-state index contributed by atoms with van der Waals surface area (Å²) in [6, 6.07) is 16.4. The summed E-state index contributed by atoms with van der Waals surface area (Å²) in [5.41, 5.74) is 1.56. The summed E-state index contributed by atoms with van der Waals surface area (Å²) in [4.78, 5) is 6.60. The van der Waals surface area contributed by atoms with Crippen molar-refractivity contribution in [2.24, 2.45) is 0 Å². The molecule has 3 aromatic carbocycles. The number of fused-ring (bicyclic) bond motifs is 1. The third kappa shape index (κ3) is 6.35. The fourth-order valence-electron chi connectivity index (χ4n) is 6.18. The molecule has 2 aliphatic rings. The molecule has 0 amide bonds. The molecule has 13 heteroatoms. The number of nitrogens with zero attached hydrogens (tertiary/aromatic N) is 4. The minimum absolute atomic E-state index is 0.0433. The molecule has 0 aliphatic carbocycles. The number of sulfonamides is 1. The SMILES string of the molecule is COc1ccc(CN(c2ncns2)S(=O)(=O)c2ccc3c(c2)OCC[C@H]3N2CC[C@](C)(O)C[C@H]2c2ccc(F)cc2)c(OC)c1. The maximum atomic E-state index is 14.2. The highest BCUT2D eigenvalue weighted by Crippen LogP contribution is 2.46. The lowest BCUT2D eigenvalue weighted by molar-refractivity contribution is -0.0540. The topological polar surface area (TPSA) is 114 Å². The van der Waals surface area contributed by atoms with Crippen LogP contribution in [0.4, 0.5) is 9.52 Å². The van der Waals surface area contributed by atoms with Gasteiger partial charge in [-0.15, -0.1) is 0 Å². The van der Waals surface area contributed by atoms with Gasteiger partial charge in [-0.1, -0.05) is 18.2 Å². The summed E-state index contributed by atoms with van der Waals surface area (Å²) in [5, 5.41) is 11.2. The van der Waals surface area contributed by atoms with Crippen LogP contribution in [0.2, 0.25) is 0 Å². The first kappa shape index (κ1) is 31.2. The van der Waals surface area contributed by atoms with E-state index in [0.29, 0.717) is 55.2 Å². The van der Waals surface area contributed by atoms with Gasteiger partial charge >= 0.3 is 0 Å². The van der Waals surface area contributed by atoms with Crippen LogP contribution in [0.3, 0.4) is 0 Å². The molecule has 4 aromatic rings. The molecule has 2 aliphatic heterocycles. The molecular formula is C32H35FN4O6S2. The number of benzene rings is 3. The number of likely N-dealkylation sites (tertiary alicyclic amines) is 1. The Bertz CT molecular complexity index is 1750. The summed E-state index contributed by atoms with van der Waals surface area (Å²) in [6.07, 6.45) is 3.08. The number of methoxy groups -OCH3 is 2. The van der Waals surface area contributed by atoms with Crippen molar-refractivity contribution in [3.05, 3.63) is 89.5 Å². The Hall–Kier alpha value is -3.78. The minimum Gasteiger partial charge on any atom is -0.497 e. The number of ether oxygens (including phenoxy) is 3. The average Bonchev–Trinajstić information content (AvgIpc) is 3.57. The number of anilines is 1. The fourth-order valence-corrected chi connectivity index (χ4v) is 8.33. The summed E-state index contributed by atoms with van der Waals surface area (Å²) >= 11 is 0.978. The van der Waals surface area contributed by atoms with E-state index in [1.165, 1.54) is 29.9 Å². The number of halogens is 1. The Labute approximate surface area is 266 Å². The maximum Gasteiger partial charge on any atom is 0.266 e. The molecule has 0 bridgehead atoms. The molecule has 1 N–H and O–H groups in total. The van der Waals surface area contributed by atoms with Gasteiger partial charge in [0.05, 0.1) is 37.9 Å². The molecular weight excluding hydrogens is 620 g/mol. The van der Waals surface area contributed by atoms with Crippen molar-refractivity contribution < 1.29 is 32.1 Å². The van der Waals surface area contributed by atoms with Crippen LogP contribution < -0.4 is 18.5 Å². The standard InChI is InChI=1S/C32H35FN4O6S2/c1-32(38)13-14-36(28(18-32)21-4-7-23(33)8-5-21)27-12-15-43-30-17-25(10-11-26(27)30)45(39,40)37(31-34-20-35-44-31)19-22-6-9-24(41-2)16-29(22)42-3/h4-11,16-17,20,27-28,38H,12-15,18-19H2,1-3H3/t27-,28+,32+/m1/s1. The van der Waals surface area contributed by atoms with E-state index >= 15 is 0 Å². The molecule has 3 atom stereocenters. The lowest BCUT2D eigenvalue weighted by atomic mass is 9.82. The van der Waals surface area contributed by atoms with Gasteiger partial charge < -0.3 is 19.3 Å². The Morgan fingerprint density at radius 1 is 1.11 bits per heavy atom. The van der Waals surface area contributed by atoms with E-state index in [9.17, 15) is 17.9 Å². The first-order chi connectivity index (χ1) is 21.6. The molecule has 0 spiro atoms. The van der Waals surface area contributed by atoms with Crippen LogP contribution in [-0.2, 0) is 16.6 Å². The van der Waals surface area contributed by atoms with Crippen LogP contribution in [-0.4, -0.2) is 60.8 Å². The Morgan fingerprint density at radius 3 is 2.62 bits per heavy atom. The summed E-state index contributed by atoms with van der Waals surface area (Å²) in [6.45, 7) is 2.81. The van der Waals surface area contributed by atoms with Crippen LogP contribution in [0.15, 0.2) is 71.9 Å². The largest absolute Gasteiger partial charge is 0.497 e. The molecule has 10 nitrogen and oxygen atoms in total. The van der Waals surface area contributed by atoms with Gasteiger partial charge in [-0.25, -0.2) is 22.1 Å². The monoisotopic (exact) mass is 654 g/mol. The maximum absolute atomic E-state index is 14.2. The molecule has 6 rings (SSSR count). The number of hydrogen-bond acceptors (Lipinski definition) is 10. The highest BCUT2D eigenvalue weighted by atomic mass is 32.2. The van der Waals surface area contributed by atoms with E-state index in [4.69, 9.17) is 14.2 Å². The van der Waals surface area contributed by atoms with Gasteiger partial charge in [0.25, 0.3) is 10.0 Å². The van der Waals surface area contributed by atoms with Crippen molar-refractivity contribution in [2.75, 3.05) is 31.7 Å². The molecule has 1 saturated heterocycles. The van der Waals surface area contributed by atoms with E-state index in [1.807, 2.05) is 13.0 Å². The third-order valence-electron chi connectivity index (χ3n) is 8.55. The van der Waals surface area contributed by atoms with Crippen molar-refractivity contribution in [2.45, 2.75) is 55.3 Å². The zero-order chi connectivity index (χ0) is 31.8. The summed E-state index contributed by atoms with van der Waals surface area (Å²) in [5.74, 6) is 1.24. The van der Waals surface area contributed by atoms with Gasteiger partial charge in [0, 0.05) is 59.8 Å². The van der Waals surface area contributed by atoms with Crippen LogP contribution in [0.1, 0.15) is 55.0 Å². The fraction of sp³-hybridized carbons (Fsp3) is 0.375. The predicted molar refractivity (Wildman–Crippen MR) is 168 cm³/mol. The molecule has 1 aromatic heterocycles.